The molecule has 0 saturated heterocycles. The summed E-state index contributed by atoms with van der Waals surface area (Å²) in [6.45, 7) is 1.40. The molecular formula is C26H21F4N5O3. The van der Waals surface area contributed by atoms with E-state index in [2.05, 4.69) is 25.3 Å². The number of nitrogens with zero attached hydrogens (tertiary/aromatic N) is 4. The molecule has 5 rings (SSSR count). The van der Waals surface area contributed by atoms with E-state index >= 15 is 0 Å². The Balaban J connectivity index is 1.47. The Morgan fingerprint density at radius 1 is 1.05 bits per heavy atom. The van der Waals surface area contributed by atoms with Gasteiger partial charge in [0.25, 0.3) is 0 Å². The van der Waals surface area contributed by atoms with E-state index in [0.717, 1.165) is 25.2 Å². The van der Waals surface area contributed by atoms with Crippen LogP contribution in [0.25, 0.3) is 22.0 Å². The van der Waals surface area contributed by atoms with Crippen molar-refractivity contribution in [3.63, 3.8) is 0 Å². The van der Waals surface area contributed by atoms with Crippen molar-refractivity contribution in [1.82, 2.24) is 19.9 Å². The molecule has 0 radical (unpaired) electrons. The number of nitrogens with one attached hydrogen (secondary N) is 1. The third-order valence-corrected chi connectivity index (χ3v) is 5.99. The Labute approximate surface area is 214 Å². The van der Waals surface area contributed by atoms with Crippen LogP contribution in [-0.2, 0) is 15.7 Å². The van der Waals surface area contributed by atoms with Crippen molar-refractivity contribution in [3.05, 3.63) is 72.3 Å². The van der Waals surface area contributed by atoms with Crippen LogP contribution >= 0.6 is 0 Å². The van der Waals surface area contributed by atoms with E-state index in [1.54, 1.807) is 31.2 Å². The van der Waals surface area contributed by atoms with Crippen LogP contribution < -0.4 is 10.1 Å². The van der Waals surface area contributed by atoms with Crippen LogP contribution in [0, 0.1) is 11.7 Å². The van der Waals surface area contributed by atoms with Gasteiger partial charge in [0.1, 0.15) is 23.5 Å². The lowest BCUT2D eigenvalue weighted by Gasteiger charge is -2.18. The molecular weight excluding hydrogens is 506 g/mol. The number of halogens is 4. The van der Waals surface area contributed by atoms with Crippen LogP contribution in [0.5, 0.6) is 5.75 Å². The molecule has 1 atom stereocenters. The van der Waals surface area contributed by atoms with E-state index in [-0.39, 0.29) is 18.7 Å². The molecule has 1 aliphatic rings. The molecule has 0 aliphatic heterocycles. The molecule has 0 spiro atoms. The van der Waals surface area contributed by atoms with Gasteiger partial charge in [-0.05, 0) is 55.2 Å². The minimum absolute atomic E-state index is 0.0883. The van der Waals surface area contributed by atoms with Crippen LogP contribution in [0.1, 0.15) is 37.2 Å². The van der Waals surface area contributed by atoms with Crippen LogP contribution in [-0.4, -0.2) is 32.7 Å². The van der Waals surface area contributed by atoms with Gasteiger partial charge in [-0.25, -0.2) is 24.3 Å². The third-order valence-electron chi connectivity index (χ3n) is 5.99. The monoisotopic (exact) mass is 527 g/mol. The summed E-state index contributed by atoms with van der Waals surface area (Å²) in [4.78, 5) is 27.4. The molecule has 1 fully saturated rings. The highest BCUT2D eigenvalue weighted by Crippen LogP contribution is 2.36. The van der Waals surface area contributed by atoms with Gasteiger partial charge in [0.2, 0.25) is 12.6 Å². The van der Waals surface area contributed by atoms with Crippen LogP contribution in [0.3, 0.4) is 0 Å². The second-order valence-electron chi connectivity index (χ2n) is 8.80. The van der Waals surface area contributed by atoms with Crippen molar-refractivity contribution in [2.75, 3.05) is 12.1 Å². The van der Waals surface area contributed by atoms with Crippen molar-refractivity contribution in [2.45, 2.75) is 32.0 Å². The summed E-state index contributed by atoms with van der Waals surface area (Å²) in [5.74, 6) is -1.36. The van der Waals surface area contributed by atoms with Gasteiger partial charge in [-0.15, -0.1) is 0 Å². The zero-order valence-corrected chi connectivity index (χ0v) is 20.0. The highest BCUT2D eigenvalue weighted by molar-refractivity contribution is 5.96. The number of alkyl halides is 3. The van der Waals surface area contributed by atoms with Crippen LogP contribution in [0.15, 0.2) is 55.1 Å². The van der Waals surface area contributed by atoms with E-state index in [0.29, 0.717) is 39.2 Å². The number of fused-ring (bicyclic) bond motifs is 1. The summed E-state index contributed by atoms with van der Waals surface area (Å²) >= 11 is 0. The molecule has 4 aromatic rings. The molecule has 0 bridgehead atoms. The van der Waals surface area contributed by atoms with Gasteiger partial charge in [0.15, 0.2) is 5.75 Å². The lowest BCUT2D eigenvalue weighted by molar-refractivity contribution is -0.151. The number of carbonyl (C=O) groups is 1. The summed E-state index contributed by atoms with van der Waals surface area (Å²) in [7, 11) is 0. The molecule has 2 aromatic carbocycles. The van der Waals surface area contributed by atoms with E-state index in [9.17, 15) is 22.4 Å². The zero-order chi connectivity index (χ0) is 26.9. The van der Waals surface area contributed by atoms with Crippen molar-refractivity contribution in [2.24, 2.45) is 5.92 Å². The number of ether oxygens (including phenoxy) is 2. The standard InChI is InChI=1S/C26H21F4N5O3/c1-14(18-10-31-25(32-11-18)26(28,29)30)35-23-20-8-17(15-4-6-19(27)7-5-15)9-21(22(20)33-12-34-23)37-13-38-24(36)16-2-3-16/h4-12,14,16H,2-3,13H2,1H3,(H,33,34,35). The highest BCUT2D eigenvalue weighted by Gasteiger charge is 2.34. The Kier molecular flexibility index (Phi) is 6.79. The molecule has 1 aliphatic carbocycles. The minimum Gasteiger partial charge on any atom is -0.455 e. The minimum atomic E-state index is -4.64. The maximum atomic E-state index is 13.5. The van der Waals surface area contributed by atoms with Gasteiger partial charge in [-0.3, -0.25) is 4.79 Å². The third kappa shape index (κ3) is 5.63. The summed E-state index contributed by atoms with van der Waals surface area (Å²) in [5.41, 5.74) is 2.16. The summed E-state index contributed by atoms with van der Waals surface area (Å²) in [5, 5.41) is 3.68. The number of carbonyl (C=O) groups excluding carboxylic acids is 1. The fourth-order valence-electron chi connectivity index (χ4n) is 3.75. The Morgan fingerprint density at radius 3 is 2.42 bits per heavy atom. The maximum absolute atomic E-state index is 13.5. The second-order valence-corrected chi connectivity index (χ2v) is 8.80. The smallest absolute Gasteiger partial charge is 0.451 e. The first-order chi connectivity index (χ1) is 18.2. The number of anilines is 1. The summed E-state index contributed by atoms with van der Waals surface area (Å²) in [6, 6.07) is 8.82. The number of hydrogen-bond acceptors (Lipinski definition) is 8. The van der Waals surface area contributed by atoms with Crippen LogP contribution in [0.4, 0.5) is 23.4 Å². The average Bonchev–Trinajstić information content (AvgIpc) is 3.75. The lowest BCUT2D eigenvalue weighted by Crippen LogP contribution is -2.14. The fourth-order valence-corrected chi connectivity index (χ4v) is 3.75. The van der Waals surface area contributed by atoms with Gasteiger partial charge >= 0.3 is 12.1 Å². The van der Waals surface area contributed by atoms with Gasteiger partial charge < -0.3 is 14.8 Å². The number of rotatable bonds is 8. The van der Waals surface area contributed by atoms with Gasteiger partial charge in [-0.2, -0.15) is 13.2 Å². The first-order valence-corrected chi connectivity index (χ1v) is 11.7. The first kappa shape index (κ1) is 25.3. The normalized spacial score (nSPS) is 14.2. The maximum Gasteiger partial charge on any atom is 0.451 e. The SMILES string of the molecule is CC(Nc1ncnc2c(OCOC(=O)C3CC3)cc(-c3ccc(F)cc3)cc12)c1cnc(C(F)(F)F)nc1. The average molecular weight is 527 g/mol. The topological polar surface area (TPSA) is 99.1 Å². The predicted molar refractivity (Wildman–Crippen MR) is 128 cm³/mol. The van der Waals surface area contributed by atoms with E-state index in [1.165, 1.54) is 18.5 Å². The summed E-state index contributed by atoms with van der Waals surface area (Å²) < 4.78 is 63.0. The molecule has 2 aromatic heterocycles. The van der Waals surface area contributed by atoms with Crippen molar-refractivity contribution >= 4 is 22.7 Å². The van der Waals surface area contributed by atoms with Crippen molar-refractivity contribution in [3.8, 4) is 16.9 Å². The highest BCUT2D eigenvalue weighted by atomic mass is 19.4. The summed E-state index contributed by atoms with van der Waals surface area (Å²) in [6.07, 6.45) is 0.463. The molecule has 1 N–H and O–H groups in total. The molecule has 0 amide bonds. The predicted octanol–water partition coefficient (Wildman–Crippen LogP) is 5.71. The van der Waals surface area contributed by atoms with Gasteiger partial charge in [-0.1, -0.05) is 12.1 Å². The van der Waals surface area contributed by atoms with Crippen molar-refractivity contribution in [1.29, 1.82) is 0 Å². The molecule has 1 saturated carbocycles. The van der Waals surface area contributed by atoms with E-state index in [1.807, 2.05) is 0 Å². The number of aromatic nitrogens is 4. The number of hydrogen-bond donors (Lipinski definition) is 1. The van der Waals surface area contributed by atoms with E-state index < -0.39 is 23.9 Å². The second kappa shape index (κ2) is 10.2. The lowest BCUT2D eigenvalue weighted by atomic mass is 10.0. The number of benzene rings is 2. The van der Waals surface area contributed by atoms with Gasteiger partial charge in [0.05, 0.1) is 12.0 Å². The Hall–Kier alpha value is -4.35. The zero-order valence-electron chi connectivity index (χ0n) is 20.0. The largest absolute Gasteiger partial charge is 0.455 e. The Bertz CT molecular complexity index is 1460. The molecule has 1 unspecified atom stereocenters. The number of esters is 1. The molecule has 2 heterocycles. The Morgan fingerprint density at radius 2 is 1.76 bits per heavy atom. The molecule has 196 valence electrons. The van der Waals surface area contributed by atoms with E-state index in [4.69, 9.17) is 9.47 Å². The molecule has 38 heavy (non-hydrogen) atoms. The van der Waals surface area contributed by atoms with Gasteiger partial charge in [0, 0.05) is 23.3 Å². The molecule has 8 nitrogen and oxygen atoms in total. The fraction of sp³-hybridized carbons (Fsp3) is 0.269. The quantitative estimate of drug-likeness (QED) is 0.177. The van der Waals surface area contributed by atoms with Crippen molar-refractivity contribution < 1.29 is 31.8 Å². The first-order valence-electron chi connectivity index (χ1n) is 11.7. The van der Waals surface area contributed by atoms with Crippen LogP contribution in [0.2, 0.25) is 0 Å². The molecule has 12 heteroatoms.